The number of para-hydroxylation sites is 1. The first kappa shape index (κ1) is 18.6. The molecule has 1 aromatic rings. The highest BCUT2D eigenvalue weighted by molar-refractivity contribution is 6.03. The van der Waals surface area contributed by atoms with Crippen LogP contribution in [0.15, 0.2) is 24.3 Å². The predicted octanol–water partition coefficient (Wildman–Crippen LogP) is 1.30. The molecule has 0 fully saturated rings. The van der Waals surface area contributed by atoms with Gasteiger partial charge in [0.15, 0.2) is 0 Å². The Morgan fingerprint density at radius 1 is 1.09 bits per heavy atom. The van der Waals surface area contributed by atoms with E-state index in [1.54, 1.807) is 38.4 Å². The maximum atomic E-state index is 12.0. The summed E-state index contributed by atoms with van der Waals surface area (Å²) >= 11 is 0. The summed E-state index contributed by atoms with van der Waals surface area (Å²) in [6, 6.07) is 6.73. The molecule has 7 heteroatoms. The van der Waals surface area contributed by atoms with E-state index in [4.69, 9.17) is 9.47 Å². The number of benzene rings is 1. The summed E-state index contributed by atoms with van der Waals surface area (Å²) in [7, 11) is 4.78. The van der Waals surface area contributed by atoms with Gasteiger partial charge in [0.1, 0.15) is 6.61 Å². The SMILES string of the molecule is COCCOC(=O)CCC(=O)Nc1ccccc1C(=O)N(C)C. The smallest absolute Gasteiger partial charge is 0.306 e. The number of hydrogen-bond donors (Lipinski definition) is 1. The van der Waals surface area contributed by atoms with Gasteiger partial charge in [-0.15, -0.1) is 0 Å². The van der Waals surface area contributed by atoms with Gasteiger partial charge in [0.05, 0.1) is 24.3 Å². The highest BCUT2D eigenvalue weighted by atomic mass is 16.6. The number of ether oxygens (including phenoxy) is 2. The zero-order valence-electron chi connectivity index (χ0n) is 13.6. The van der Waals surface area contributed by atoms with Crippen molar-refractivity contribution < 1.29 is 23.9 Å². The molecule has 2 amide bonds. The van der Waals surface area contributed by atoms with E-state index in [1.165, 1.54) is 12.0 Å². The quantitative estimate of drug-likeness (QED) is 0.576. The third-order valence-electron chi connectivity index (χ3n) is 2.94. The zero-order chi connectivity index (χ0) is 17.2. The maximum Gasteiger partial charge on any atom is 0.306 e. The Hall–Kier alpha value is -2.41. The van der Waals surface area contributed by atoms with Crippen LogP contribution in [0.2, 0.25) is 0 Å². The summed E-state index contributed by atoms with van der Waals surface area (Å²) in [4.78, 5) is 36.8. The predicted molar refractivity (Wildman–Crippen MR) is 85.2 cm³/mol. The van der Waals surface area contributed by atoms with Crippen LogP contribution < -0.4 is 5.32 Å². The number of rotatable bonds is 8. The van der Waals surface area contributed by atoms with Crippen molar-refractivity contribution in [1.82, 2.24) is 4.90 Å². The minimum atomic E-state index is -0.463. The summed E-state index contributed by atoms with van der Waals surface area (Å²) in [6.45, 7) is 0.481. The minimum absolute atomic E-state index is 0.0176. The van der Waals surface area contributed by atoms with Crippen LogP contribution in [0.4, 0.5) is 5.69 Å². The Labute approximate surface area is 135 Å². The van der Waals surface area contributed by atoms with Gasteiger partial charge in [-0.1, -0.05) is 12.1 Å². The van der Waals surface area contributed by atoms with Crippen molar-refractivity contribution in [2.24, 2.45) is 0 Å². The van der Waals surface area contributed by atoms with E-state index in [0.717, 1.165) is 0 Å². The van der Waals surface area contributed by atoms with Crippen molar-refractivity contribution in [3.05, 3.63) is 29.8 Å². The molecule has 0 aliphatic rings. The van der Waals surface area contributed by atoms with Crippen LogP contribution in [0.25, 0.3) is 0 Å². The number of anilines is 1. The molecule has 0 saturated carbocycles. The molecular formula is C16H22N2O5. The second-order valence-electron chi connectivity index (χ2n) is 5.01. The van der Waals surface area contributed by atoms with Crippen molar-refractivity contribution in [2.75, 3.05) is 39.7 Å². The van der Waals surface area contributed by atoms with Gasteiger partial charge in [-0.2, -0.15) is 0 Å². The van der Waals surface area contributed by atoms with Gasteiger partial charge in [0, 0.05) is 27.6 Å². The number of amides is 2. The molecule has 1 rings (SSSR count). The van der Waals surface area contributed by atoms with Gasteiger partial charge >= 0.3 is 5.97 Å². The zero-order valence-corrected chi connectivity index (χ0v) is 13.6. The second kappa shape index (κ2) is 9.58. The maximum absolute atomic E-state index is 12.0. The Morgan fingerprint density at radius 2 is 1.78 bits per heavy atom. The molecule has 1 N–H and O–H groups in total. The fraction of sp³-hybridized carbons (Fsp3) is 0.438. The molecule has 0 unspecified atom stereocenters. The third kappa shape index (κ3) is 6.48. The lowest BCUT2D eigenvalue weighted by molar-refractivity contribution is -0.145. The second-order valence-corrected chi connectivity index (χ2v) is 5.01. The topological polar surface area (TPSA) is 84.9 Å². The molecular weight excluding hydrogens is 300 g/mol. The molecule has 0 aromatic heterocycles. The Balaban J connectivity index is 2.55. The standard InChI is InChI=1S/C16H22N2O5/c1-18(2)16(21)12-6-4-5-7-13(12)17-14(19)8-9-15(20)23-11-10-22-3/h4-7H,8-11H2,1-3H3,(H,17,19). The summed E-state index contributed by atoms with van der Waals surface area (Å²) in [5.74, 6) is -1.03. The first-order chi connectivity index (χ1) is 11.0. The van der Waals surface area contributed by atoms with Crippen molar-refractivity contribution in [2.45, 2.75) is 12.8 Å². The van der Waals surface area contributed by atoms with Crippen molar-refractivity contribution in [1.29, 1.82) is 0 Å². The van der Waals surface area contributed by atoms with E-state index in [-0.39, 0.29) is 31.3 Å². The highest BCUT2D eigenvalue weighted by Gasteiger charge is 2.15. The van der Waals surface area contributed by atoms with E-state index < -0.39 is 5.97 Å². The summed E-state index contributed by atoms with van der Waals surface area (Å²) in [5, 5.41) is 2.65. The summed E-state index contributed by atoms with van der Waals surface area (Å²) in [5.41, 5.74) is 0.817. The van der Waals surface area contributed by atoms with Crippen LogP contribution >= 0.6 is 0 Å². The fourth-order valence-corrected chi connectivity index (χ4v) is 1.76. The van der Waals surface area contributed by atoms with Crippen LogP contribution in [0.3, 0.4) is 0 Å². The average Bonchev–Trinajstić information content (AvgIpc) is 2.53. The number of esters is 1. The van der Waals surface area contributed by atoms with Crippen LogP contribution in [-0.4, -0.2) is 57.1 Å². The molecule has 1 aromatic carbocycles. The number of methoxy groups -OCH3 is 1. The Morgan fingerprint density at radius 3 is 2.43 bits per heavy atom. The van der Waals surface area contributed by atoms with Crippen LogP contribution in [0.1, 0.15) is 23.2 Å². The molecule has 23 heavy (non-hydrogen) atoms. The molecule has 0 saturated heterocycles. The van der Waals surface area contributed by atoms with Crippen LogP contribution in [-0.2, 0) is 19.1 Å². The molecule has 0 aliphatic carbocycles. The van der Waals surface area contributed by atoms with Crippen molar-refractivity contribution in [3.8, 4) is 0 Å². The largest absolute Gasteiger partial charge is 0.463 e. The first-order valence-electron chi connectivity index (χ1n) is 7.20. The van der Waals surface area contributed by atoms with Crippen LogP contribution in [0, 0.1) is 0 Å². The molecule has 0 heterocycles. The molecule has 126 valence electrons. The molecule has 0 radical (unpaired) electrons. The van der Waals surface area contributed by atoms with Crippen molar-refractivity contribution >= 4 is 23.5 Å². The van der Waals surface area contributed by atoms with Crippen LogP contribution in [0.5, 0.6) is 0 Å². The number of carbonyl (C=O) groups excluding carboxylic acids is 3. The number of hydrogen-bond acceptors (Lipinski definition) is 5. The van der Waals surface area contributed by atoms with E-state index in [9.17, 15) is 14.4 Å². The highest BCUT2D eigenvalue weighted by Crippen LogP contribution is 2.17. The number of nitrogens with one attached hydrogen (secondary N) is 1. The van der Waals surface area contributed by atoms with Gasteiger partial charge in [0.2, 0.25) is 5.91 Å². The van der Waals surface area contributed by atoms with Gasteiger partial charge in [-0.3, -0.25) is 14.4 Å². The van der Waals surface area contributed by atoms with Gasteiger partial charge in [0.25, 0.3) is 5.91 Å². The molecule has 7 nitrogen and oxygen atoms in total. The third-order valence-corrected chi connectivity index (χ3v) is 2.94. The van der Waals surface area contributed by atoms with E-state index in [0.29, 0.717) is 17.9 Å². The van der Waals surface area contributed by atoms with E-state index in [1.807, 2.05) is 0 Å². The molecule has 0 bridgehead atoms. The lowest BCUT2D eigenvalue weighted by Crippen LogP contribution is -2.24. The molecule has 0 atom stereocenters. The molecule has 0 spiro atoms. The lowest BCUT2D eigenvalue weighted by Gasteiger charge is -2.14. The summed E-state index contributed by atoms with van der Waals surface area (Å²) < 4.78 is 9.63. The van der Waals surface area contributed by atoms with E-state index in [2.05, 4.69) is 5.32 Å². The van der Waals surface area contributed by atoms with Gasteiger partial charge in [-0.25, -0.2) is 0 Å². The van der Waals surface area contributed by atoms with Gasteiger partial charge in [-0.05, 0) is 12.1 Å². The summed E-state index contributed by atoms with van der Waals surface area (Å²) in [6.07, 6.45) is -0.0460. The molecule has 0 aliphatic heterocycles. The number of carbonyl (C=O) groups is 3. The fourth-order valence-electron chi connectivity index (χ4n) is 1.76. The Kier molecular flexibility index (Phi) is 7.76. The monoisotopic (exact) mass is 322 g/mol. The average molecular weight is 322 g/mol. The van der Waals surface area contributed by atoms with Crippen molar-refractivity contribution in [3.63, 3.8) is 0 Å². The minimum Gasteiger partial charge on any atom is -0.463 e. The Bertz CT molecular complexity index is 557. The first-order valence-corrected chi connectivity index (χ1v) is 7.20. The van der Waals surface area contributed by atoms with Gasteiger partial charge < -0.3 is 19.7 Å². The number of nitrogens with zero attached hydrogens (tertiary/aromatic N) is 1. The van der Waals surface area contributed by atoms with E-state index >= 15 is 0 Å². The lowest BCUT2D eigenvalue weighted by atomic mass is 10.1. The normalized spacial score (nSPS) is 10.0.